The van der Waals surface area contributed by atoms with E-state index in [1.807, 2.05) is 43.3 Å². The highest BCUT2D eigenvalue weighted by molar-refractivity contribution is 7.92. The topological polar surface area (TPSA) is 78.5 Å². The molecule has 1 aliphatic rings. The zero-order chi connectivity index (χ0) is 17.9. The van der Waals surface area contributed by atoms with E-state index in [1.165, 1.54) is 4.31 Å². The average molecular weight is 359 g/mol. The van der Waals surface area contributed by atoms with E-state index in [0.717, 1.165) is 23.2 Å². The van der Waals surface area contributed by atoms with Crippen LogP contribution in [0.1, 0.15) is 11.1 Å². The zero-order valence-electron chi connectivity index (χ0n) is 14.0. The molecule has 0 unspecified atom stereocenters. The van der Waals surface area contributed by atoms with Gasteiger partial charge in [0.1, 0.15) is 0 Å². The van der Waals surface area contributed by atoms with Gasteiger partial charge in [-0.25, -0.2) is 13.2 Å². The molecule has 3 rings (SSSR count). The minimum atomic E-state index is -3.46. The third-order valence-electron chi connectivity index (χ3n) is 4.14. The van der Waals surface area contributed by atoms with Crippen LogP contribution in [0.15, 0.2) is 48.5 Å². The van der Waals surface area contributed by atoms with Crippen LogP contribution in [0.25, 0.3) is 0 Å². The molecule has 0 aromatic heterocycles. The van der Waals surface area contributed by atoms with Crippen molar-refractivity contribution >= 4 is 27.4 Å². The molecule has 0 atom stereocenters. The van der Waals surface area contributed by atoms with Gasteiger partial charge in [0.2, 0.25) is 10.0 Å². The number of carbonyl (C=O) groups is 1. The van der Waals surface area contributed by atoms with Gasteiger partial charge in [0.25, 0.3) is 0 Å². The predicted molar refractivity (Wildman–Crippen MR) is 99.5 cm³/mol. The Labute approximate surface area is 147 Å². The highest BCUT2D eigenvalue weighted by Gasteiger charge is 2.28. The Morgan fingerprint density at radius 2 is 1.84 bits per heavy atom. The summed E-state index contributed by atoms with van der Waals surface area (Å²) >= 11 is 0. The highest BCUT2D eigenvalue weighted by atomic mass is 32.2. The number of carbonyl (C=O) groups excluding carboxylic acids is 1. The number of nitrogens with zero attached hydrogens (tertiary/aromatic N) is 1. The van der Waals surface area contributed by atoms with Crippen molar-refractivity contribution in [1.29, 1.82) is 0 Å². The van der Waals surface area contributed by atoms with Gasteiger partial charge in [-0.15, -0.1) is 0 Å². The van der Waals surface area contributed by atoms with Crippen molar-refractivity contribution in [3.05, 3.63) is 59.7 Å². The van der Waals surface area contributed by atoms with Gasteiger partial charge < -0.3 is 10.6 Å². The summed E-state index contributed by atoms with van der Waals surface area (Å²) in [4.78, 5) is 11.9. The average Bonchev–Trinajstić information content (AvgIpc) is 3.02. The van der Waals surface area contributed by atoms with Crippen molar-refractivity contribution < 1.29 is 13.2 Å². The quantitative estimate of drug-likeness (QED) is 0.861. The largest absolute Gasteiger partial charge is 0.337 e. The number of benzene rings is 2. The maximum atomic E-state index is 12.5. The molecule has 2 aromatic rings. The third-order valence-corrected chi connectivity index (χ3v) is 5.91. The molecule has 7 heteroatoms. The van der Waals surface area contributed by atoms with E-state index in [0.29, 0.717) is 12.2 Å². The van der Waals surface area contributed by atoms with Crippen LogP contribution in [-0.4, -0.2) is 33.3 Å². The second-order valence-electron chi connectivity index (χ2n) is 6.01. The third kappa shape index (κ3) is 4.11. The SMILES string of the molecule is Cc1ccc(NC(=O)NCCS(=O)(=O)N2CCc3ccccc32)cc1. The predicted octanol–water partition coefficient (Wildman–Crippen LogP) is 2.51. The van der Waals surface area contributed by atoms with Crippen LogP contribution in [0.3, 0.4) is 0 Å². The summed E-state index contributed by atoms with van der Waals surface area (Å²) in [6.45, 7) is 2.47. The molecule has 132 valence electrons. The number of sulfonamides is 1. The number of amides is 2. The standard InChI is InChI=1S/C18H21N3O3S/c1-14-6-8-16(9-7-14)20-18(22)19-11-13-25(23,24)21-12-10-15-4-2-3-5-17(15)21/h2-9H,10-13H2,1H3,(H2,19,20,22). The molecule has 1 aliphatic heterocycles. The van der Waals surface area contributed by atoms with Crippen molar-refractivity contribution in [2.75, 3.05) is 28.5 Å². The molecule has 6 nitrogen and oxygen atoms in total. The molecule has 2 N–H and O–H groups in total. The summed E-state index contributed by atoms with van der Waals surface area (Å²) in [7, 11) is -3.46. The van der Waals surface area contributed by atoms with Gasteiger partial charge in [0.15, 0.2) is 0 Å². The van der Waals surface area contributed by atoms with Crippen molar-refractivity contribution in [1.82, 2.24) is 5.32 Å². The number of aryl methyl sites for hydroxylation is 1. The maximum absolute atomic E-state index is 12.5. The first kappa shape index (κ1) is 17.3. The van der Waals surface area contributed by atoms with Crippen LogP contribution in [0.5, 0.6) is 0 Å². The van der Waals surface area contributed by atoms with E-state index >= 15 is 0 Å². The molecule has 0 saturated heterocycles. The lowest BCUT2D eigenvalue weighted by Crippen LogP contribution is -2.38. The summed E-state index contributed by atoms with van der Waals surface area (Å²) in [6, 6.07) is 14.5. The monoisotopic (exact) mass is 359 g/mol. The number of urea groups is 1. The van der Waals surface area contributed by atoms with E-state index in [4.69, 9.17) is 0 Å². The Hall–Kier alpha value is -2.54. The maximum Gasteiger partial charge on any atom is 0.319 e. The zero-order valence-corrected chi connectivity index (χ0v) is 14.8. The first-order valence-electron chi connectivity index (χ1n) is 8.15. The number of fused-ring (bicyclic) bond motifs is 1. The summed E-state index contributed by atoms with van der Waals surface area (Å²) in [5, 5.41) is 5.28. The molecule has 1 heterocycles. The summed E-state index contributed by atoms with van der Waals surface area (Å²) < 4.78 is 26.5. The normalized spacial score (nSPS) is 13.4. The van der Waals surface area contributed by atoms with Gasteiger partial charge in [0, 0.05) is 18.8 Å². The van der Waals surface area contributed by atoms with Gasteiger partial charge in [-0.05, 0) is 37.1 Å². The molecule has 2 amide bonds. The number of hydrogen-bond acceptors (Lipinski definition) is 3. The van der Waals surface area contributed by atoms with Crippen LogP contribution in [0.2, 0.25) is 0 Å². The lowest BCUT2D eigenvalue weighted by atomic mass is 10.2. The van der Waals surface area contributed by atoms with E-state index in [9.17, 15) is 13.2 Å². The Balaban J connectivity index is 1.53. The van der Waals surface area contributed by atoms with Gasteiger partial charge in [-0.2, -0.15) is 0 Å². The number of rotatable bonds is 5. The van der Waals surface area contributed by atoms with Crippen LogP contribution in [0.4, 0.5) is 16.2 Å². The molecular formula is C18H21N3O3S. The molecule has 0 aliphatic carbocycles. The van der Waals surface area contributed by atoms with Gasteiger partial charge in [-0.3, -0.25) is 4.31 Å². The molecular weight excluding hydrogens is 338 g/mol. The Morgan fingerprint density at radius 1 is 1.12 bits per heavy atom. The fraction of sp³-hybridized carbons (Fsp3) is 0.278. The fourth-order valence-electron chi connectivity index (χ4n) is 2.81. The van der Waals surface area contributed by atoms with Crippen molar-refractivity contribution in [2.24, 2.45) is 0 Å². The summed E-state index contributed by atoms with van der Waals surface area (Å²) in [5.74, 6) is -0.136. The molecule has 0 spiro atoms. The molecule has 0 fully saturated rings. The number of nitrogens with one attached hydrogen (secondary N) is 2. The minimum Gasteiger partial charge on any atom is -0.337 e. The van der Waals surface area contributed by atoms with Crippen LogP contribution < -0.4 is 14.9 Å². The molecule has 0 bridgehead atoms. The van der Waals surface area contributed by atoms with Gasteiger partial charge in [0.05, 0.1) is 11.4 Å². The van der Waals surface area contributed by atoms with Gasteiger partial charge >= 0.3 is 6.03 Å². The minimum absolute atomic E-state index is 0.0543. The second kappa shape index (κ2) is 7.14. The molecule has 0 radical (unpaired) electrons. The van der Waals surface area contributed by atoms with Crippen molar-refractivity contribution in [2.45, 2.75) is 13.3 Å². The number of para-hydroxylation sites is 1. The molecule has 2 aromatic carbocycles. The second-order valence-corrected chi connectivity index (χ2v) is 8.03. The Morgan fingerprint density at radius 3 is 2.60 bits per heavy atom. The lowest BCUT2D eigenvalue weighted by molar-refractivity contribution is 0.252. The lowest BCUT2D eigenvalue weighted by Gasteiger charge is -2.19. The van der Waals surface area contributed by atoms with E-state index < -0.39 is 16.1 Å². The fourth-order valence-corrected chi connectivity index (χ4v) is 4.24. The van der Waals surface area contributed by atoms with Crippen LogP contribution in [-0.2, 0) is 16.4 Å². The van der Waals surface area contributed by atoms with E-state index in [1.54, 1.807) is 12.1 Å². The van der Waals surface area contributed by atoms with Crippen LogP contribution in [0, 0.1) is 6.92 Å². The first-order valence-corrected chi connectivity index (χ1v) is 9.76. The number of anilines is 2. The van der Waals surface area contributed by atoms with Crippen molar-refractivity contribution in [3.8, 4) is 0 Å². The molecule has 25 heavy (non-hydrogen) atoms. The molecule has 0 saturated carbocycles. The first-order chi connectivity index (χ1) is 12.0. The Kier molecular flexibility index (Phi) is 4.94. The van der Waals surface area contributed by atoms with E-state index in [2.05, 4.69) is 10.6 Å². The smallest absolute Gasteiger partial charge is 0.319 e. The number of hydrogen-bond donors (Lipinski definition) is 2. The van der Waals surface area contributed by atoms with Gasteiger partial charge in [-0.1, -0.05) is 35.9 Å². The summed E-state index contributed by atoms with van der Waals surface area (Å²) in [6.07, 6.45) is 0.719. The van der Waals surface area contributed by atoms with Crippen LogP contribution >= 0.6 is 0 Å². The summed E-state index contributed by atoms with van der Waals surface area (Å²) in [5.41, 5.74) is 3.55. The highest BCUT2D eigenvalue weighted by Crippen LogP contribution is 2.29. The Bertz CT molecular complexity index is 863. The van der Waals surface area contributed by atoms with E-state index in [-0.39, 0.29) is 12.3 Å². The van der Waals surface area contributed by atoms with Crippen molar-refractivity contribution in [3.63, 3.8) is 0 Å².